The van der Waals surface area contributed by atoms with Gasteiger partial charge in [0.25, 0.3) is 0 Å². The van der Waals surface area contributed by atoms with E-state index in [1.54, 1.807) is 24.3 Å². The maximum absolute atomic E-state index is 11.6. The summed E-state index contributed by atoms with van der Waals surface area (Å²) >= 11 is 6.18. The number of rotatable bonds is 8. The van der Waals surface area contributed by atoms with Gasteiger partial charge in [0.15, 0.2) is 0 Å². The highest BCUT2D eigenvalue weighted by molar-refractivity contribution is 7.92. The molecule has 0 bridgehead atoms. The van der Waals surface area contributed by atoms with E-state index >= 15 is 0 Å². The molecule has 1 aliphatic rings. The molecule has 1 N–H and O–H groups in total. The Hall–Kier alpha value is -1.80. The first-order chi connectivity index (χ1) is 14.5. The Kier molecular flexibility index (Phi) is 7.21. The number of aliphatic hydroxyl groups is 1. The van der Waals surface area contributed by atoms with Crippen molar-refractivity contribution in [3.8, 4) is 5.75 Å². The Balaban J connectivity index is 1.56. The number of hydrogen-bond donors (Lipinski definition) is 1. The lowest BCUT2D eigenvalue weighted by Crippen LogP contribution is -2.46. The minimum Gasteiger partial charge on any atom is -0.491 e. The minimum absolute atomic E-state index is 0.108. The SMILES string of the molecule is CN(c1ccc(OC[C@@H](O)CN2CCC(c3cccc(Cl)c3)C2(C)C)cc1)S(C)(=O)=O. The highest BCUT2D eigenvalue weighted by atomic mass is 35.5. The molecule has 2 aromatic rings. The number of benzene rings is 2. The normalized spacial score (nSPS) is 19.9. The van der Waals surface area contributed by atoms with Crippen molar-refractivity contribution in [3.05, 3.63) is 59.1 Å². The van der Waals surface area contributed by atoms with Crippen LogP contribution in [0.4, 0.5) is 5.69 Å². The molecule has 170 valence electrons. The zero-order valence-electron chi connectivity index (χ0n) is 18.5. The van der Waals surface area contributed by atoms with Crippen LogP contribution < -0.4 is 9.04 Å². The minimum atomic E-state index is -3.31. The lowest BCUT2D eigenvalue weighted by molar-refractivity contribution is 0.0433. The van der Waals surface area contributed by atoms with E-state index in [-0.39, 0.29) is 12.1 Å². The Labute approximate surface area is 190 Å². The van der Waals surface area contributed by atoms with Crippen molar-refractivity contribution in [3.63, 3.8) is 0 Å². The van der Waals surface area contributed by atoms with Gasteiger partial charge in [-0.2, -0.15) is 0 Å². The largest absolute Gasteiger partial charge is 0.491 e. The van der Waals surface area contributed by atoms with Gasteiger partial charge in [-0.1, -0.05) is 23.7 Å². The number of sulfonamides is 1. The second-order valence-corrected chi connectivity index (χ2v) is 11.1. The van der Waals surface area contributed by atoms with Gasteiger partial charge in [0, 0.05) is 30.1 Å². The van der Waals surface area contributed by atoms with E-state index in [1.165, 1.54) is 16.9 Å². The van der Waals surface area contributed by atoms with Crippen molar-refractivity contribution in [2.75, 3.05) is 37.3 Å². The quantitative estimate of drug-likeness (QED) is 0.641. The smallest absolute Gasteiger partial charge is 0.231 e. The Morgan fingerprint density at radius 3 is 2.55 bits per heavy atom. The topological polar surface area (TPSA) is 70.1 Å². The maximum atomic E-state index is 11.6. The summed E-state index contributed by atoms with van der Waals surface area (Å²) in [6, 6.07) is 14.8. The summed E-state index contributed by atoms with van der Waals surface area (Å²) in [4.78, 5) is 2.30. The number of hydrogen-bond acceptors (Lipinski definition) is 5. The highest BCUT2D eigenvalue weighted by Crippen LogP contribution is 2.42. The van der Waals surface area contributed by atoms with Gasteiger partial charge < -0.3 is 9.84 Å². The molecular formula is C23H31ClN2O4S. The van der Waals surface area contributed by atoms with Gasteiger partial charge in [0.1, 0.15) is 18.5 Å². The molecule has 1 unspecified atom stereocenters. The van der Waals surface area contributed by atoms with E-state index in [9.17, 15) is 13.5 Å². The van der Waals surface area contributed by atoms with Gasteiger partial charge >= 0.3 is 0 Å². The molecule has 6 nitrogen and oxygen atoms in total. The fraction of sp³-hybridized carbons (Fsp3) is 0.478. The third-order valence-electron chi connectivity index (χ3n) is 6.18. The average Bonchev–Trinajstić information content (AvgIpc) is 2.99. The van der Waals surface area contributed by atoms with Crippen molar-refractivity contribution < 1.29 is 18.3 Å². The molecule has 1 heterocycles. The van der Waals surface area contributed by atoms with Crippen LogP contribution in [0.5, 0.6) is 5.75 Å². The monoisotopic (exact) mass is 466 g/mol. The summed E-state index contributed by atoms with van der Waals surface area (Å²) in [6.07, 6.45) is 1.52. The van der Waals surface area contributed by atoms with Crippen LogP contribution in [-0.4, -0.2) is 63.1 Å². The zero-order chi connectivity index (χ0) is 22.8. The molecule has 0 amide bonds. The average molecular weight is 467 g/mol. The summed E-state index contributed by atoms with van der Waals surface area (Å²) in [7, 11) is -1.80. The van der Waals surface area contributed by atoms with Crippen molar-refractivity contribution in [2.45, 2.75) is 37.8 Å². The lowest BCUT2D eigenvalue weighted by Gasteiger charge is -2.37. The molecule has 0 spiro atoms. The Morgan fingerprint density at radius 1 is 1.26 bits per heavy atom. The first-order valence-corrected chi connectivity index (χ1v) is 12.6. The van der Waals surface area contributed by atoms with Crippen LogP contribution in [0.25, 0.3) is 0 Å². The van der Waals surface area contributed by atoms with Gasteiger partial charge in [0.2, 0.25) is 10.0 Å². The predicted octanol–water partition coefficient (Wildman–Crippen LogP) is 3.74. The Morgan fingerprint density at radius 2 is 1.94 bits per heavy atom. The zero-order valence-corrected chi connectivity index (χ0v) is 20.0. The molecule has 1 fully saturated rings. The van der Waals surface area contributed by atoms with E-state index in [2.05, 4.69) is 24.8 Å². The van der Waals surface area contributed by atoms with Crippen LogP contribution in [-0.2, 0) is 10.0 Å². The van der Waals surface area contributed by atoms with Gasteiger partial charge in [-0.3, -0.25) is 9.21 Å². The molecule has 0 aromatic heterocycles. The Bertz CT molecular complexity index is 995. The third-order valence-corrected chi connectivity index (χ3v) is 7.62. The molecule has 31 heavy (non-hydrogen) atoms. The van der Waals surface area contributed by atoms with Crippen LogP contribution in [0.3, 0.4) is 0 Å². The summed E-state index contributed by atoms with van der Waals surface area (Å²) in [6.45, 7) is 5.98. The van der Waals surface area contributed by atoms with Crippen LogP contribution in [0.1, 0.15) is 31.7 Å². The van der Waals surface area contributed by atoms with Crippen molar-refractivity contribution in [2.24, 2.45) is 0 Å². The van der Waals surface area contributed by atoms with E-state index in [0.717, 1.165) is 24.2 Å². The molecule has 0 saturated carbocycles. The fourth-order valence-electron chi connectivity index (χ4n) is 4.21. The molecule has 8 heteroatoms. The van der Waals surface area contributed by atoms with E-state index in [0.29, 0.717) is 23.9 Å². The number of anilines is 1. The summed E-state index contributed by atoms with van der Waals surface area (Å²) < 4.78 is 30.2. The molecular weight excluding hydrogens is 436 g/mol. The van der Waals surface area contributed by atoms with E-state index in [1.807, 2.05) is 18.2 Å². The number of nitrogens with zero attached hydrogens (tertiary/aromatic N) is 2. The standard InChI is InChI=1S/C23H31ClN2O4S/c1-23(2)22(17-6-5-7-18(24)14-17)12-13-26(23)15-20(27)16-30-21-10-8-19(9-11-21)25(3)31(4,28)29/h5-11,14,20,22,27H,12-13,15-16H2,1-4H3/t20-,22?/m0/s1. The molecule has 3 rings (SSSR count). The highest BCUT2D eigenvalue weighted by Gasteiger charge is 2.42. The molecule has 1 saturated heterocycles. The molecule has 2 atom stereocenters. The van der Waals surface area contributed by atoms with Gasteiger partial charge in [-0.05, 0) is 68.8 Å². The van der Waals surface area contributed by atoms with Crippen molar-refractivity contribution in [1.29, 1.82) is 0 Å². The molecule has 1 aliphatic heterocycles. The first-order valence-electron chi connectivity index (χ1n) is 10.3. The third kappa shape index (κ3) is 5.71. The second-order valence-electron chi connectivity index (χ2n) is 8.69. The van der Waals surface area contributed by atoms with Gasteiger partial charge in [-0.25, -0.2) is 8.42 Å². The molecule has 0 aliphatic carbocycles. The lowest BCUT2D eigenvalue weighted by atomic mass is 9.82. The number of likely N-dealkylation sites (tertiary alicyclic amines) is 1. The predicted molar refractivity (Wildman–Crippen MR) is 126 cm³/mol. The molecule has 0 radical (unpaired) electrons. The van der Waals surface area contributed by atoms with Crippen LogP contribution >= 0.6 is 11.6 Å². The number of halogens is 1. The number of β-amino-alcohol motifs (C(OH)–C–C–N with tert-alkyl or cyclic N) is 1. The number of aliphatic hydroxyl groups excluding tert-OH is 1. The van der Waals surface area contributed by atoms with Crippen LogP contribution in [0.2, 0.25) is 5.02 Å². The molecule has 2 aromatic carbocycles. The first kappa shape index (κ1) is 23.9. The number of ether oxygens (including phenoxy) is 1. The maximum Gasteiger partial charge on any atom is 0.231 e. The van der Waals surface area contributed by atoms with Crippen molar-refractivity contribution in [1.82, 2.24) is 4.90 Å². The van der Waals surface area contributed by atoms with Crippen LogP contribution in [0, 0.1) is 0 Å². The van der Waals surface area contributed by atoms with E-state index < -0.39 is 16.1 Å². The van der Waals surface area contributed by atoms with Gasteiger partial charge in [0.05, 0.1) is 11.9 Å². The summed E-state index contributed by atoms with van der Waals surface area (Å²) in [5.74, 6) is 0.931. The summed E-state index contributed by atoms with van der Waals surface area (Å²) in [5.41, 5.74) is 1.68. The second kappa shape index (κ2) is 9.36. The van der Waals surface area contributed by atoms with Crippen molar-refractivity contribution >= 4 is 27.3 Å². The van der Waals surface area contributed by atoms with Crippen LogP contribution in [0.15, 0.2) is 48.5 Å². The fourth-order valence-corrected chi connectivity index (χ4v) is 4.92. The summed E-state index contributed by atoms with van der Waals surface area (Å²) in [5, 5.41) is 11.3. The van der Waals surface area contributed by atoms with Gasteiger partial charge in [-0.15, -0.1) is 0 Å². The van der Waals surface area contributed by atoms with E-state index in [4.69, 9.17) is 16.3 Å².